The van der Waals surface area contributed by atoms with Crippen LogP contribution in [0.4, 0.5) is 0 Å². The molecule has 8 heteroatoms. The van der Waals surface area contributed by atoms with Crippen LogP contribution < -0.4 is 10.1 Å². The zero-order valence-corrected chi connectivity index (χ0v) is 12.0. The molecule has 1 aromatic carbocycles. The van der Waals surface area contributed by atoms with Crippen LogP contribution in [0.3, 0.4) is 0 Å². The van der Waals surface area contributed by atoms with Gasteiger partial charge in [0.15, 0.2) is 6.61 Å². The van der Waals surface area contributed by atoms with Gasteiger partial charge in [-0.3, -0.25) is 4.79 Å². The molecule has 1 rings (SSSR count). The Bertz CT molecular complexity index is 456. The van der Waals surface area contributed by atoms with E-state index in [-0.39, 0.29) is 34.0 Å². The van der Waals surface area contributed by atoms with E-state index in [9.17, 15) is 4.79 Å². The Morgan fingerprint density at radius 2 is 1.89 bits per heavy atom. The van der Waals surface area contributed by atoms with E-state index in [1.165, 1.54) is 12.1 Å². The van der Waals surface area contributed by atoms with Gasteiger partial charge in [0.05, 0.1) is 27.8 Å². The van der Waals surface area contributed by atoms with Crippen LogP contribution in [0.15, 0.2) is 12.1 Å². The number of benzene rings is 1. The highest BCUT2D eigenvalue weighted by Crippen LogP contribution is 2.33. The minimum absolute atomic E-state index is 0.0617. The highest BCUT2D eigenvalue weighted by molar-refractivity contribution is 6.43. The van der Waals surface area contributed by atoms with Gasteiger partial charge in [0.25, 0.3) is 5.91 Å². The minimum atomic E-state index is -1.00. The molecule has 0 aliphatic heterocycles. The second kappa shape index (κ2) is 7.77. The van der Waals surface area contributed by atoms with Crippen molar-refractivity contribution in [2.45, 2.75) is 6.10 Å². The molecular formula is C11H12Cl3NO4. The summed E-state index contributed by atoms with van der Waals surface area (Å²) in [4.78, 5) is 11.4. The van der Waals surface area contributed by atoms with Gasteiger partial charge in [-0.05, 0) is 6.07 Å². The Labute approximate surface area is 125 Å². The predicted octanol–water partition coefficient (Wildman–Crippen LogP) is 1.49. The standard InChI is InChI=1S/C11H12Cl3NO4/c12-7-1-9(14)10(2-8(7)13)19-5-11(18)15-3-6(17)4-16/h1-2,6,16-17H,3-5H2,(H,15,18). The Kier molecular flexibility index (Phi) is 6.68. The van der Waals surface area contributed by atoms with Crippen LogP contribution in [0.25, 0.3) is 0 Å². The summed E-state index contributed by atoms with van der Waals surface area (Å²) in [5.41, 5.74) is 0. The van der Waals surface area contributed by atoms with E-state index in [4.69, 9.17) is 49.8 Å². The summed E-state index contributed by atoms with van der Waals surface area (Å²) in [5, 5.41) is 20.8. The summed E-state index contributed by atoms with van der Waals surface area (Å²) < 4.78 is 5.17. The molecule has 0 fully saturated rings. The van der Waals surface area contributed by atoms with Gasteiger partial charge in [-0.2, -0.15) is 0 Å². The SMILES string of the molecule is O=C(COc1cc(Cl)c(Cl)cc1Cl)NCC(O)CO. The first kappa shape index (κ1) is 16.3. The molecule has 0 heterocycles. The van der Waals surface area contributed by atoms with Gasteiger partial charge in [0, 0.05) is 12.6 Å². The molecule has 1 atom stereocenters. The van der Waals surface area contributed by atoms with Crippen molar-refractivity contribution in [1.29, 1.82) is 0 Å². The van der Waals surface area contributed by atoms with Crippen LogP contribution in [0.2, 0.25) is 15.1 Å². The normalized spacial score (nSPS) is 12.1. The van der Waals surface area contributed by atoms with Gasteiger partial charge in [0.1, 0.15) is 5.75 Å². The Balaban J connectivity index is 2.48. The average Bonchev–Trinajstić information content (AvgIpc) is 2.38. The van der Waals surface area contributed by atoms with Crippen molar-refractivity contribution in [1.82, 2.24) is 5.32 Å². The molecule has 0 aliphatic rings. The highest BCUT2D eigenvalue weighted by atomic mass is 35.5. The van der Waals surface area contributed by atoms with Crippen LogP contribution in [-0.4, -0.2) is 42.0 Å². The van der Waals surface area contributed by atoms with Gasteiger partial charge in [-0.15, -0.1) is 0 Å². The molecule has 1 aromatic rings. The van der Waals surface area contributed by atoms with Crippen molar-refractivity contribution in [3.63, 3.8) is 0 Å². The lowest BCUT2D eigenvalue weighted by Crippen LogP contribution is -2.36. The van der Waals surface area contributed by atoms with Crippen LogP contribution >= 0.6 is 34.8 Å². The third kappa shape index (κ3) is 5.42. The van der Waals surface area contributed by atoms with Gasteiger partial charge in [-0.1, -0.05) is 34.8 Å². The number of nitrogens with one attached hydrogen (secondary N) is 1. The minimum Gasteiger partial charge on any atom is -0.482 e. The number of hydrogen-bond donors (Lipinski definition) is 3. The van der Waals surface area contributed by atoms with Crippen molar-refractivity contribution in [2.75, 3.05) is 19.8 Å². The first-order valence-electron chi connectivity index (χ1n) is 5.27. The lowest BCUT2D eigenvalue weighted by atomic mass is 10.3. The number of halogens is 3. The average molecular weight is 329 g/mol. The number of hydrogen-bond acceptors (Lipinski definition) is 4. The molecule has 0 aliphatic carbocycles. The van der Waals surface area contributed by atoms with E-state index < -0.39 is 18.6 Å². The Morgan fingerprint density at radius 1 is 1.26 bits per heavy atom. The fraction of sp³-hybridized carbons (Fsp3) is 0.364. The quantitative estimate of drug-likeness (QED) is 0.691. The number of carbonyl (C=O) groups excluding carboxylic acids is 1. The predicted molar refractivity (Wildman–Crippen MR) is 73.1 cm³/mol. The summed E-state index contributed by atoms with van der Waals surface area (Å²) in [6.07, 6.45) is -1.00. The molecular weight excluding hydrogens is 316 g/mol. The molecule has 0 saturated heterocycles. The molecule has 5 nitrogen and oxygen atoms in total. The van der Waals surface area contributed by atoms with Crippen molar-refractivity contribution < 1.29 is 19.7 Å². The number of amides is 1. The van der Waals surface area contributed by atoms with Crippen molar-refractivity contribution in [3.8, 4) is 5.75 Å². The summed E-state index contributed by atoms with van der Waals surface area (Å²) in [5.74, 6) is -0.233. The van der Waals surface area contributed by atoms with E-state index in [2.05, 4.69) is 5.32 Å². The van der Waals surface area contributed by atoms with Crippen molar-refractivity contribution >= 4 is 40.7 Å². The van der Waals surface area contributed by atoms with Crippen LogP contribution in [-0.2, 0) is 4.79 Å². The topological polar surface area (TPSA) is 78.8 Å². The molecule has 106 valence electrons. The molecule has 3 N–H and O–H groups in total. The van der Waals surface area contributed by atoms with E-state index in [0.717, 1.165) is 0 Å². The second-order valence-corrected chi connectivity index (χ2v) is 4.85. The summed E-state index contributed by atoms with van der Waals surface area (Å²) in [7, 11) is 0. The molecule has 1 unspecified atom stereocenters. The summed E-state index contributed by atoms with van der Waals surface area (Å²) >= 11 is 17.4. The highest BCUT2D eigenvalue weighted by Gasteiger charge is 2.10. The summed E-state index contributed by atoms with van der Waals surface area (Å²) in [6, 6.07) is 2.82. The van der Waals surface area contributed by atoms with Gasteiger partial charge in [0.2, 0.25) is 0 Å². The molecule has 0 saturated carbocycles. The zero-order chi connectivity index (χ0) is 14.4. The van der Waals surface area contributed by atoms with Crippen molar-refractivity contribution in [2.24, 2.45) is 0 Å². The molecule has 0 radical (unpaired) electrons. The van der Waals surface area contributed by atoms with E-state index in [0.29, 0.717) is 0 Å². The maximum Gasteiger partial charge on any atom is 0.258 e. The van der Waals surface area contributed by atoms with Crippen LogP contribution in [0.5, 0.6) is 5.75 Å². The van der Waals surface area contributed by atoms with Crippen LogP contribution in [0, 0.1) is 0 Å². The molecule has 0 spiro atoms. The van der Waals surface area contributed by atoms with Gasteiger partial charge in [-0.25, -0.2) is 0 Å². The van der Waals surface area contributed by atoms with Crippen LogP contribution in [0.1, 0.15) is 0 Å². The maximum atomic E-state index is 11.4. The van der Waals surface area contributed by atoms with E-state index in [1.807, 2.05) is 0 Å². The molecule has 0 bridgehead atoms. The Morgan fingerprint density at radius 3 is 2.53 bits per heavy atom. The smallest absolute Gasteiger partial charge is 0.258 e. The zero-order valence-electron chi connectivity index (χ0n) is 9.70. The maximum absolute atomic E-state index is 11.4. The fourth-order valence-corrected chi connectivity index (χ4v) is 1.70. The fourth-order valence-electron chi connectivity index (χ4n) is 1.11. The number of carbonyl (C=O) groups is 1. The third-order valence-corrected chi connectivity index (χ3v) is 3.10. The van der Waals surface area contributed by atoms with Crippen molar-refractivity contribution in [3.05, 3.63) is 27.2 Å². The second-order valence-electron chi connectivity index (χ2n) is 3.63. The first-order chi connectivity index (χ1) is 8.93. The van der Waals surface area contributed by atoms with Gasteiger partial charge < -0.3 is 20.3 Å². The van der Waals surface area contributed by atoms with Gasteiger partial charge >= 0.3 is 0 Å². The number of rotatable bonds is 6. The lowest BCUT2D eigenvalue weighted by molar-refractivity contribution is -0.123. The molecule has 1 amide bonds. The first-order valence-corrected chi connectivity index (χ1v) is 6.40. The molecule has 19 heavy (non-hydrogen) atoms. The Hall–Kier alpha value is -0.720. The largest absolute Gasteiger partial charge is 0.482 e. The third-order valence-electron chi connectivity index (χ3n) is 2.08. The number of ether oxygens (including phenoxy) is 1. The molecule has 0 aromatic heterocycles. The van der Waals surface area contributed by atoms with E-state index >= 15 is 0 Å². The lowest BCUT2D eigenvalue weighted by Gasteiger charge is -2.11. The monoisotopic (exact) mass is 327 g/mol. The van der Waals surface area contributed by atoms with E-state index in [1.54, 1.807) is 0 Å². The number of aliphatic hydroxyl groups is 2. The number of aliphatic hydroxyl groups excluding tert-OH is 2. The summed E-state index contributed by atoms with van der Waals surface area (Å²) in [6.45, 7) is -0.788.